The number of carbonyl (C=O) groups excluding carboxylic acids is 1. The van der Waals surface area contributed by atoms with Crippen LogP contribution in [0.4, 0.5) is 0 Å². The van der Waals surface area contributed by atoms with Crippen molar-refractivity contribution in [2.75, 3.05) is 0 Å². The van der Waals surface area contributed by atoms with Gasteiger partial charge in [-0.15, -0.1) is 0 Å². The van der Waals surface area contributed by atoms with Crippen molar-refractivity contribution in [3.8, 4) is 0 Å². The van der Waals surface area contributed by atoms with Gasteiger partial charge in [0.05, 0.1) is 18.1 Å². The molecule has 1 aliphatic carbocycles. The molecule has 0 aromatic heterocycles. The van der Waals surface area contributed by atoms with Gasteiger partial charge >= 0.3 is 5.97 Å². The highest BCUT2D eigenvalue weighted by Gasteiger charge is 2.53. The summed E-state index contributed by atoms with van der Waals surface area (Å²) in [5, 5.41) is 12.2. The molecule has 98 valence electrons. The average Bonchev–Trinajstić information content (AvgIpc) is 3.03. The number of amides is 1. The normalized spacial score (nSPS) is 38.2. The van der Waals surface area contributed by atoms with Crippen LogP contribution in [0, 0.1) is 11.8 Å². The van der Waals surface area contributed by atoms with Crippen LogP contribution in [0.2, 0.25) is 0 Å². The SMILES string of the molecule is O=C(O)[C@@H]1[C@H](C(=O)NC2CCCC2)[C@@H]2C=C[C@@H]1O2. The summed E-state index contributed by atoms with van der Waals surface area (Å²) >= 11 is 0. The van der Waals surface area contributed by atoms with E-state index in [9.17, 15) is 14.7 Å². The smallest absolute Gasteiger partial charge is 0.310 e. The molecule has 2 heterocycles. The van der Waals surface area contributed by atoms with E-state index in [1.165, 1.54) is 0 Å². The molecule has 0 spiro atoms. The summed E-state index contributed by atoms with van der Waals surface area (Å²) in [6.45, 7) is 0. The third-order valence-electron chi connectivity index (χ3n) is 4.19. The number of carboxylic acid groups (broad SMARTS) is 1. The number of nitrogens with one attached hydrogen (secondary N) is 1. The minimum atomic E-state index is -0.946. The third kappa shape index (κ3) is 1.82. The van der Waals surface area contributed by atoms with Crippen molar-refractivity contribution in [3.05, 3.63) is 12.2 Å². The van der Waals surface area contributed by atoms with E-state index in [1.807, 2.05) is 6.08 Å². The van der Waals surface area contributed by atoms with Crippen molar-refractivity contribution in [1.82, 2.24) is 5.32 Å². The lowest BCUT2D eigenvalue weighted by molar-refractivity contribution is -0.146. The Balaban J connectivity index is 1.71. The standard InChI is InChI=1S/C13H17NO4/c15-12(14-7-3-1-2-4-7)10-8-5-6-9(18-8)11(10)13(16)17/h5-11H,1-4H2,(H,14,15)(H,16,17)/t8-,9-,10+,11-/m0/s1. The molecule has 1 amide bonds. The molecule has 4 atom stereocenters. The van der Waals surface area contributed by atoms with E-state index in [4.69, 9.17) is 4.74 Å². The zero-order valence-corrected chi connectivity index (χ0v) is 10.0. The summed E-state index contributed by atoms with van der Waals surface area (Å²) in [5.41, 5.74) is 0. The Morgan fingerprint density at radius 3 is 2.33 bits per heavy atom. The van der Waals surface area contributed by atoms with Gasteiger partial charge in [-0.2, -0.15) is 0 Å². The molecule has 3 aliphatic rings. The maximum absolute atomic E-state index is 12.2. The molecule has 2 bridgehead atoms. The minimum Gasteiger partial charge on any atom is -0.481 e. The van der Waals surface area contributed by atoms with E-state index in [0.29, 0.717) is 0 Å². The van der Waals surface area contributed by atoms with Gasteiger partial charge in [0.25, 0.3) is 0 Å². The highest BCUT2D eigenvalue weighted by atomic mass is 16.5. The van der Waals surface area contributed by atoms with Gasteiger partial charge in [0, 0.05) is 6.04 Å². The molecule has 0 aromatic carbocycles. The number of hydrogen-bond acceptors (Lipinski definition) is 3. The molecule has 0 radical (unpaired) electrons. The van der Waals surface area contributed by atoms with E-state index in [0.717, 1.165) is 25.7 Å². The molecule has 2 N–H and O–H groups in total. The summed E-state index contributed by atoms with van der Waals surface area (Å²) in [4.78, 5) is 23.5. The van der Waals surface area contributed by atoms with Crippen LogP contribution < -0.4 is 5.32 Å². The van der Waals surface area contributed by atoms with Crippen LogP contribution in [0.25, 0.3) is 0 Å². The van der Waals surface area contributed by atoms with Crippen molar-refractivity contribution >= 4 is 11.9 Å². The fraction of sp³-hybridized carbons (Fsp3) is 0.692. The van der Waals surface area contributed by atoms with Crippen LogP contribution in [-0.4, -0.2) is 35.2 Å². The van der Waals surface area contributed by atoms with Crippen molar-refractivity contribution in [3.63, 3.8) is 0 Å². The fourth-order valence-electron chi connectivity index (χ4n) is 3.28. The number of aliphatic carboxylic acids is 1. The number of fused-ring (bicyclic) bond motifs is 2. The monoisotopic (exact) mass is 251 g/mol. The molecule has 5 nitrogen and oxygen atoms in total. The summed E-state index contributed by atoms with van der Waals surface area (Å²) in [6, 6.07) is 0.218. The largest absolute Gasteiger partial charge is 0.481 e. The molecular formula is C13H17NO4. The number of rotatable bonds is 3. The molecule has 0 aromatic rings. The van der Waals surface area contributed by atoms with Gasteiger partial charge in [-0.05, 0) is 12.8 Å². The Labute approximate surface area is 105 Å². The van der Waals surface area contributed by atoms with E-state index >= 15 is 0 Å². The minimum absolute atomic E-state index is 0.161. The van der Waals surface area contributed by atoms with Gasteiger partial charge in [-0.25, -0.2) is 0 Å². The fourth-order valence-corrected chi connectivity index (χ4v) is 3.28. The Kier molecular flexibility index (Phi) is 2.86. The average molecular weight is 251 g/mol. The van der Waals surface area contributed by atoms with E-state index in [2.05, 4.69) is 5.32 Å². The van der Waals surface area contributed by atoms with Crippen molar-refractivity contribution in [2.45, 2.75) is 43.9 Å². The Morgan fingerprint density at radius 1 is 1.11 bits per heavy atom. The summed E-state index contributed by atoms with van der Waals surface area (Å²) < 4.78 is 5.49. The first-order chi connectivity index (χ1) is 8.66. The number of carboxylic acids is 1. The van der Waals surface area contributed by atoms with Crippen LogP contribution >= 0.6 is 0 Å². The number of carbonyl (C=O) groups is 2. The van der Waals surface area contributed by atoms with Crippen LogP contribution in [0.15, 0.2) is 12.2 Å². The number of hydrogen-bond donors (Lipinski definition) is 2. The van der Waals surface area contributed by atoms with Crippen LogP contribution in [0.5, 0.6) is 0 Å². The predicted molar refractivity (Wildman–Crippen MR) is 62.8 cm³/mol. The van der Waals surface area contributed by atoms with Gasteiger partial charge in [0.15, 0.2) is 0 Å². The second-order valence-corrected chi connectivity index (χ2v) is 5.33. The second kappa shape index (κ2) is 4.39. The zero-order chi connectivity index (χ0) is 12.7. The maximum Gasteiger partial charge on any atom is 0.310 e. The van der Waals surface area contributed by atoms with Crippen LogP contribution in [0.1, 0.15) is 25.7 Å². The van der Waals surface area contributed by atoms with Gasteiger partial charge in [-0.3, -0.25) is 9.59 Å². The van der Waals surface area contributed by atoms with Crippen LogP contribution in [0.3, 0.4) is 0 Å². The first kappa shape index (κ1) is 11.7. The lowest BCUT2D eigenvalue weighted by Crippen LogP contribution is -2.45. The van der Waals surface area contributed by atoms with E-state index in [1.54, 1.807) is 6.08 Å². The molecule has 1 saturated heterocycles. The molecule has 18 heavy (non-hydrogen) atoms. The number of ether oxygens (including phenoxy) is 1. The summed E-state index contributed by atoms with van der Waals surface area (Å²) in [5.74, 6) is -2.41. The molecule has 2 aliphatic heterocycles. The maximum atomic E-state index is 12.2. The lowest BCUT2D eigenvalue weighted by atomic mass is 9.82. The first-order valence-electron chi connectivity index (χ1n) is 6.54. The van der Waals surface area contributed by atoms with Crippen molar-refractivity contribution < 1.29 is 19.4 Å². The highest BCUT2D eigenvalue weighted by molar-refractivity contribution is 5.87. The zero-order valence-electron chi connectivity index (χ0n) is 10.0. The lowest BCUT2D eigenvalue weighted by Gasteiger charge is -2.23. The summed E-state index contributed by atoms with van der Waals surface area (Å²) in [7, 11) is 0. The van der Waals surface area contributed by atoms with Gasteiger partial charge < -0.3 is 15.2 Å². The molecule has 5 heteroatoms. The summed E-state index contributed by atoms with van der Waals surface area (Å²) in [6.07, 6.45) is 7.04. The Hall–Kier alpha value is -1.36. The predicted octanol–water partition coefficient (Wildman–Crippen LogP) is 0.699. The topological polar surface area (TPSA) is 75.6 Å². The highest BCUT2D eigenvalue weighted by Crippen LogP contribution is 2.39. The van der Waals surface area contributed by atoms with Crippen molar-refractivity contribution in [2.24, 2.45) is 11.8 Å². The molecule has 2 fully saturated rings. The van der Waals surface area contributed by atoms with Crippen LogP contribution in [-0.2, 0) is 14.3 Å². The van der Waals surface area contributed by atoms with E-state index in [-0.39, 0.29) is 18.1 Å². The molecule has 3 rings (SSSR count). The van der Waals surface area contributed by atoms with Crippen molar-refractivity contribution in [1.29, 1.82) is 0 Å². The molecular weight excluding hydrogens is 234 g/mol. The second-order valence-electron chi connectivity index (χ2n) is 5.33. The van der Waals surface area contributed by atoms with Gasteiger partial charge in [-0.1, -0.05) is 25.0 Å². The van der Waals surface area contributed by atoms with Gasteiger partial charge in [0.2, 0.25) is 5.91 Å². The Bertz CT molecular complexity index is 400. The van der Waals surface area contributed by atoms with Gasteiger partial charge in [0.1, 0.15) is 5.92 Å². The Morgan fingerprint density at radius 2 is 1.72 bits per heavy atom. The van der Waals surface area contributed by atoms with E-state index < -0.39 is 23.9 Å². The molecule has 0 unspecified atom stereocenters. The third-order valence-corrected chi connectivity index (χ3v) is 4.19. The quantitative estimate of drug-likeness (QED) is 0.724. The molecule has 1 saturated carbocycles. The first-order valence-corrected chi connectivity index (χ1v) is 6.54.